The van der Waals surface area contributed by atoms with E-state index >= 15 is 0 Å². The van der Waals surface area contributed by atoms with Crippen molar-refractivity contribution < 1.29 is 9.26 Å². The molecule has 0 spiro atoms. The van der Waals surface area contributed by atoms with Crippen LogP contribution in [0.4, 0.5) is 0 Å². The standard InChI is InChI=1S/C15H18N4O2.ClH/c1-20-11-5-4-10(7-17-11)14-18-15(21-19-14)12-8-2-3-9(6-8)13(12)16;/h4-5,7-9,12-13H,2-3,6,16H2,1H3;1H. The Morgan fingerprint density at radius 3 is 2.73 bits per heavy atom. The molecular weight excluding hydrogens is 304 g/mol. The highest BCUT2D eigenvalue weighted by molar-refractivity contribution is 5.85. The maximum Gasteiger partial charge on any atom is 0.231 e. The van der Waals surface area contributed by atoms with Crippen LogP contribution >= 0.6 is 12.4 Å². The number of fused-ring (bicyclic) bond motifs is 2. The number of methoxy groups -OCH3 is 1. The highest BCUT2D eigenvalue weighted by atomic mass is 35.5. The molecule has 7 heteroatoms. The van der Waals surface area contributed by atoms with Crippen LogP contribution in [-0.2, 0) is 0 Å². The number of nitrogens with zero attached hydrogens (tertiary/aromatic N) is 3. The van der Waals surface area contributed by atoms with Crippen molar-refractivity contribution in [2.24, 2.45) is 17.6 Å². The normalized spacial score (nSPS) is 29.4. The third kappa shape index (κ3) is 2.36. The lowest BCUT2D eigenvalue weighted by atomic mass is 9.85. The van der Waals surface area contributed by atoms with Gasteiger partial charge in [-0.25, -0.2) is 4.98 Å². The lowest BCUT2D eigenvalue weighted by Crippen LogP contribution is -2.34. The van der Waals surface area contributed by atoms with Gasteiger partial charge in [-0.2, -0.15) is 4.98 Å². The first-order valence-electron chi connectivity index (χ1n) is 7.36. The molecule has 2 aliphatic rings. The molecule has 118 valence electrons. The smallest absolute Gasteiger partial charge is 0.231 e. The molecule has 2 N–H and O–H groups in total. The third-order valence-corrected chi connectivity index (χ3v) is 4.91. The summed E-state index contributed by atoms with van der Waals surface area (Å²) in [7, 11) is 1.59. The first kappa shape index (κ1) is 15.2. The molecule has 0 saturated heterocycles. The van der Waals surface area contributed by atoms with E-state index in [2.05, 4.69) is 15.1 Å². The molecule has 4 rings (SSSR count). The van der Waals surface area contributed by atoms with Crippen molar-refractivity contribution in [3.05, 3.63) is 24.2 Å². The molecule has 2 fully saturated rings. The Labute approximate surface area is 134 Å². The molecule has 2 heterocycles. The van der Waals surface area contributed by atoms with E-state index in [9.17, 15) is 0 Å². The number of rotatable bonds is 3. The molecular formula is C15H19ClN4O2. The van der Waals surface area contributed by atoms with Crippen molar-refractivity contribution in [1.29, 1.82) is 0 Å². The second-order valence-corrected chi connectivity index (χ2v) is 5.98. The van der Waals surface area contributed by atoms with Crippen LogP contribution in [0, 0.1) is 11.8 Å². The van der Waals surface area contributed by atoms with E-state index < -0.39 is 0 Å². The molecule has 2 saturated carbocycles. The van der Waals surface area contributed by atoms with Crippen LogP contribution in [0.1, 0.15) is 31.1 Å². The maximum absolute atomic E-state index is 6.33. The number of pyridine rings is 1. The molecule has 6 nitrogen and oxygen atoms in total. The fourth-order valence-electron chi connectivity index (χ4n) is 3.82. The summed E-state index contributed by atoms with van der Waals surface area (Å²) in [6.07, 6.45) is 5.36. The predicted molar refractivity (Wildman–Crippen MR) is 82.9 cm³/mol. The van der Waals surface area contributed by atoms with Crippen LogP contribution in [-0.4, -0.2) is 28.3 Å². The molecule has 0 amide bonds. The van der Waals surface area contributed by atoms with Gasteiger partial charge in [0.2, 0.25) is 17.6 Å². The van der Waals surface area contributed by atoms with Crippen LogP contribution < -0.4 is 10.5 Å². The van der Waals surface area contributed by atoms with E-state index in [-0.39, 0.29) is 24.4 Å². The first-order chi connectivity index (χ1) is 10.3. The van der Waals surface area contributed by atoms with Gasteiger partial charge in [0.1, 0.15) is 0 Å². The number of halogens is 1. The zero-order valence-electron chi connectivity index (χ0n) is 12.3. The van der Waals surface area contributed by atoms with E-state index in [4.69, 9.17) is 15.0 Å². The van der Waals surface area contributed by atoms with Crippen molar-refractivity contribution in [2.75, 3.05) is 7.11 Å². The largest absolute Gasteiger partial charge is 0.481 e. The monoisotopic (exact) mass is 322 g/mol. The van der Waals surface area contributed by atoms with Gasteiger partial charge in [-0.15, -0.1) is 12.4 Å². The van der Waals surface area contributed by atoms with E-state index in [1.54, 1.807) is 19.4 Å². The number of ether oxygens (including phenoxy) is 1. The van der Waals surface area contributed by atoms with Gasteiger partial charge in [0.15, 0.2) is 0 Å². The lowest BCUT2D eigenvalue weighted by molar-refractivity contribution is 0.279. The predicted octanol–water partition coefficient (Wildman–Crippen LogP) is 2.40. The van der Waals surface area contributed by atoms with Crippen LogP contribution in [0.5, 0.6) is 5.88 Å². The second-order valence-electron chi connectivity index (χ2n) is 5.98. The summed E-state index contributed by atoms with van der Waals surface area (Å²) < 4.78 is 10.5. The minimum Gasteiger partial charge on any atom is -0.481 e. The second kappa shape index (κ2) is 5.85. The molecule has 0 radical (unpaired) electrons. The zero-order chi connectivity index (χ0) is 14.4. The fourth-order valence-corrected chi connectivity index (χ4v) is 3.82. The molecule has 4 atom stereocenters. The van der Waals surface area contributed by atoms with Gasteiger partial charge >= 0.3 is 0 Å². The number of hydrogen-bond acceptors (Lipinski definition) is 6. The van der Waals surface area contributed by atoms with E-state index in [0.717, 1.165) is 5.56 Å². The molecule has 2 aromatic heterocycles. The highest BCUT2D eigenvalue weighted by Crippen LogP contribution is 2.51. The van der Waals surface area contributed by atoms with Crippen LogP contribution in [0.15, 0.2) is 22.9 Å². The SMILES string of the molecule is COc1ccc(-c2noc(C3C4CCC(C4)C3N)n2)cn1.Cl. The molecule has 2 aliphatic carbocycles. The highest BCUT2D eigenvalue weighted by Gasteiger charge is 2.48. The van der Waals surface area contributed by atoms with Gasteiger partial charge in [0.25, 0.3) is 0 Å². The summed E-state index contributed by atoms with van der Waals surface area (Å²) in [5.74, 6) is 3.26. The van der Waals surface area contributed by atoms with Crippen LogP contribution in [0.2, 0.25) is 0 Å². The Morgan fingerprint density at radius 2 is 2.09 bits per heavy atom. The molecule has 22 heavy (non-hydrogen) atoms. The summed E-state index contributed by atoms with van der Waals surface area (Å²) >= 11 is 0. The van der Waals surface area contributed by atoms with E-state index in [1.807, 2.05) is 6.07 Å². The zero-order valence-corrected chi connectivity index (χ0v) is 13.1. The van der Waals surface area contributed by atoms with Crippen molar-refractivity contribution in [3.8, 4) is 17.3 Å². The van der Waals surface area contributed by atoms with Gasteiger partial charge < -0.3 is 15.0 Å². The van der Waals surface area contributed by atoms with Crippen LogP contribution in [0.3, 0.4) is 0 Å². The van der Waals surface area contributed by atoms with E-state index in [1.165, 1.54) is 19.3 Å². The Balaban J connectivity index is 0.00000144. The maximum atomic E-state index is 6.33. The molecule has 2 aromatic rings. The average molecular weight is 323 g/mol. The summed E-state index contributed by atoms with van der Waals surface area (Å²) in [5.41, 5.74) is 7.15. The van der Waals surface area contributed by atoms with E-state index in [0.29, 0.717) is 29.4 Å². The Bertz CT molecular complexity index is 643. The van der Waals surface area contributed by atoms with Gasteiger partial charge in [-0.05, 0) is 37.2 Å². The first-order valence-corrected chi connectivity index (χ1v) is 7.36. The number of hydrogen-bond donors (Lipinski definition) is 1. The quantitative estimate of drug-likeness (QED) is 0.933. The molecule has 0 aliphatic heterocycles. The third-order valence-electron chi connectivity index (χ3n) is 4.91. The van der Waals surface area contributed by atoms with Gasteiger partial charge in [0, 0.05) is 23.9 Å². The van der Waals surface area contributed by atoms with Crippen molar-refractivity contribution in [2.45, 2.75) is 31.2 Å². The summed E-state index contributed by atoms with van der Waals surface area (Å²) in [4.78, 5) is 8.71. The topological polar surface area (TPSA) is 87.1 Å². The molecule has 4 unspecified atom stereocenters. The molecule has 0 aromatic carbocycles. The number of aromatic nitrogens is 3. The minimum atomic E-state index is 0. The summed E-state index contributed by atoms with van der Waals surface area (Å²) in [5, 5.41) is 4.08. The number of nitrogens with two attached hydrogens (primary N) is 1. The summed E-state index contributed by atoms with van der Waals surface area (Å²) in [6.45, 7) is 0. The minimum absolute atomic E-state index is 0. The van der Waals surface area contributed by atoms with Gasteiger partial charge in [-0.3, -0.25) is 0 Å². The van der Waals surface area contributed by atoms with Gasteiger partial charge in [0.05, 0.1) is 13.0 Å². The average Bonchev–Trinajstić information content (AvgIpc) is 3.22. The van der Waals surface area contributed by atoms with Crippen LogP contribution in [0.25, 0.3) is 11.4 Å². The Hall–Kier alpha value is -1.66. The Kier molecular flexibility index (Phi) is 4.06. The summed E-state index contributed by atoms with van der Waals surface area (Å²) in [6, 6.07) is 3.82. The van der Waals surface area contributed by atoms with Crippen molar-refractivity contribution >= 4 is 12.4 Å². The van der Waals surface area contributed by atoms with Crippen molar-refractivity contribution in [1.82, 2.24) is 15.1 Å². The lowest BCUT2D eigenvalue weighted by Gasteiger charge is -2.24. The van der Waals surface area contributed by atoms with Gasteiger partial charge in [-0.1, -0.05) is 5.16 Å². The molecule has 2 bridgehead atoms. The van der Waals surface area contributed by atoms with Crippen molar-refractivity contribution in [3.63, 3.8) is 0 Å². The fraction of sp³-hybridized carbons (Fsp3) is 0.533. The Morgan fingerprint density at radius 1 is 1.27 bits per heavy atom.